The Morgan fingerprint density at radius 1 is 0.466 bits per heavy atom. The van der Waals surface area contributed by atoms with Crippen LogP contribution in [-0.4, -0.2) is 9.13 Å². The Morgan fingerprint density at radius 2 is 1.00 bits per heavy atom. The molecular formula is C55H36N2S. The molecule has 0 aliphatic heterocycles. The number of rotatable bonds is 4. The highest BCUT2D eigenvalue weighted by Crippen LogP contribution is 2.61. The zero-order chi connectivity index (χ0) is 38.0. The second-order valence-corrected chi connectivity index (χ2v) is 17.0. The Balaban J connectivity index is 1.11. The van der Waals surface area contributed by atoms with Gasteiger partial charge in [-0.1, -0.05) is 152 Å². The highest BCUT2D eigenvalue weighted by atomic mass is 32.1. The first-order valence-corrected chi connectivity index (χ1v) is 21.1. The van der Waals surface area contributed by atoms with Crippen molar-refractivity contribution in [3.8, 4) is 22.5 Å². The van der Waals surface area contributed by atoms with Gasteiger partial charge in [0.05, 0.1) is 27.5 Å². The Kier molecular flexibility index (Phi) is 6.68. The number of thiophene rings is 1. The number of benzene rings is 8. The molecular weight excluding hydrogens is 721 g/mol. The summed E-state index contributed by atoms with van der Waals surface area (Å²) in [4.78, 5) is 0. The number of nitrogens with zero attached hydrogens (tertiary/aromatic N) is 2. The van der Waals surface area contributed by atoms with Crippen molar-refractivity contribution in [2.24, 2.45) is 5.92 Å². The first-order valence-electron chi connectivity index (χ1n) is 20.3. The van der Waals surface area contributed by atoms with Gasteiger partial charge in [0, 0.05) is 53.1 Å². The summed E-state index contributed by atoms with van der Waals surface area (Å²) in [7, 11) is 0. The van der Waals surface area contributed by atoms with Gasteiger partial charge in [0.2, 0.25) is 0 Å². The zero-order valence-electron chi connectivity index (χ0n) is 31.6. The van der Waals surface area contributed by atoms with Gasteiger partial charge in [-0.25, -0.2) is 0 Å². The minimum atomic E-state index is -0.419. The summed E-state index contributed by atoms with van der Waals surface area (Å²) in [6, 6.07) is 66.0. The molecule has 8 aromatic carbocycles. The summed E-state index contributed by atoms with van der Waals surface area (Å²) in [6.07, 6.45) is 10.3. The molecule has 0 saturated carbocycles. The maximum Gasteiger partial charge on any atom is 0.0544 e. The summed E-state index contributed by atoms with van der Waals surface area (Å²) in [5.41, 5.74) is 13.8. The van der Waals surface area contributed by atoms with E-state index in [0.717, 1.165) is 6.42 Å². The third-order valence-electron chi connectivity index (χ3n) is 13.2. The molecule has 3 heteroatoms. The van der Waals surface area contributed by atoms with Crippen LogP contribution in [-0.2, 0) is 5.41 Å². The van der Waals surface area contributed by atoms with Crippen molar-refractivity contribution in [1.29, 1.82) is 0 Å². The molecule has 0 N–H and O–H groups in total. The predicted octanol–water partition coefficient (Wildman–Crippen LogP) is 14.7. The van der Waals surface area contributed by atoms with Crippen LogP contribution in [0.4, 0.5) is 0 Å². The summed E-state index contributed by atoms with van der Waals surface area (Å²) in [6.45, 7) is 0. The van der Waals surface area contributed by atoms with Gasteiger partial charge in [-0.15, -0.1) is 11.3 Å². The predicted molar refractivity (Wildman–Crippen MR) is 246 cm³/mol. The van der Waals surface area contributed by atoms with Gasteiger partial charge >= 0.3 is 0 Å². The number of allylic oxidation sites excluding steroid dienone is 4. The van der Waals surface area contributed by atoms with E-state index in [1.807, 2.05) is 11.3 Å². The lowest BCUT2D eigenvalue weighted by molar-refractivity contribution is 0.460. The van der Waals surface area contributed by atoms with Gasteiger partial charge in [-0.05, 0) is 88.7 Å². The molecule has 3 heterocycles. The largest absolute Gasteiger partial charge is 0.309 e. The van der Waals surface area contributed by atoms with Crippen LogP contribution in [0.2, 0.25) is 0 Å². The monoisotopic (exact) mass is 756 g/mol. The second-order valence-electron chi connectivity index (χ2n) is 15.9. The van der Waals surface area contributed by atoms with E-state index in [0.29, 0.717) is 0 Å². The van der Waals surface area contributed by atoms with E-state index in [2.05, 4.69) is 209 Å². The number of hydrogen-bond acceptors (Lipinski definition) is 1. The van der Waals surface area contributed by atoms with E-state index in [4.69, 9.17) is 0 Å². The molecule has 272 valence electrons. The number of fused-ring (bicyclic) bond motifs is 13. The molecule has 0 fully saturated rings. The average molecular weight is 757 g/mol. The fourth-order valence-electron chi connectivity index (χ4n) is 10.9. The van der Waals surface area contributed by atoms with Crippen molar-refractivity contribution in [3.63, 3.8) is 0 Å². The van der Waals surface area contributed by atoms with Crippen LogP contribution in [0.15, 0.2) is 200 Å². The van der Waals surface area contributed by atoms with E-state index in [1.54, 1.807) is 0 Å². The van der Waals surface area contributed by atoms with Gasteiger partial charge < -0.3 is 9.13 Å². The van der Waals surface area contributed by atoms with E-state index in [1.165, 1.54) is 103 Å². The van der Waals surface area contributed by atoms with Crippen LogP contribution >= 0.6 is 11.3 Å². The third-order valence-corrected chi connectivity index (χ3v) is 14.4. The van der Waals surface area contributed by atoms with Crippen LogP contribution < -0.4 is 0 Å². The number of hydrogen-bond donors (Lipinski definition) is 0. The first kappa shape index (κ1) is 32.2. The van der Waals surface area contributed by atoms with Crippen molar-refractivity contribution in [1.82, 2.24) is 9.13 Å². The van der Waals surface area contributed by atoms with Crippen molar-refractivity contribution < 1.29 is 0 Å². The fraction of sp³-hybridized carbons (Fsp3) is 0.0545. The van der Waals surface area contributed by atoms with E-state index >= 15 is 0 Å². The summed E-state index contributed by atoms with van der Waals surface area (Å²) in [5.74, 6) is 0.220. The molecule has 11 aromatic rings. The zero-order valence-corrected chi connectivity index (χ0v) is 32.5. The lowest BCUT2D eigenvalue weighted by Crippen LogP contribution is -2.35. The average Bonchev–Trinajstić information content (AvgIpc) is 4.02. The normalized spacial score (nSPS) is 17.3. The number of para-hydroxylation sites is 4. The van der Waals surface area contributed by atoms with Crippen LogP contribution in [0.3, 0.4) is 0 Å². The SMILES string of the molecule is C1=CCC(C2(c3ccccc3)c3cc(-n4c5ccccc5c5ccccc54)ccc3-c3ccc4c(sc5cc(-n6c7ccccc7c7ccccc76)ccc54)c32)C=C1. The Hall–Kier alpha value is -6.94. The molecule has 0 bridgehead atoms. The van der Waals surface area contributed by atoms with Crippen LogP contribution in [0, 0.1) is 5.92 Å². The van der Waals surface area contributed by atoms with Crippen LogP contribution in [0.25, 0.3) is 86.3 Å². The van der Waals surface area contributed by atoms with Gasteiger partial charge in [0.25, 0.3) is 0 Å². The lowest BCUT2D eigenvalue weighted by Gasteiger charge is -2.40. The molecule has 0 amide bonds. The van der Waals surface area contributed by atoms with Crippen LogP contribution in [0.1, 0.15) is 23.1 Å². The van der Waals surface area contributed by atoms with Crippen molar-refractivity contribution in [2.45, 2.75) is 11.8 Å². The summed E-state index contributed by atoms with van der Waals surface area (Å²) >= 11 is 1.97. The molecule has 58 heavy (non-hydrogen) atoms. The molecule has 0 spiro atoms. The highest BCUT2D eigenvalue weighted by molar-refractivity contribution is 7.26. The van der Waals surface area contributed by atoms with Crippen molar-refractivity contribution >= 4 is 75.1 Å². The van der Waals surface area contributed by atoms with E-state index in [-0.39, 0.29) is 5.92 Å². The van der Waals surface area contributed by atoms with Crippen molar-refractivity contribution in [2.75, 3.05) is 0 Å². The second kappa shape index (κ2) is 12.0. The molecule has 0 saturated heterocycles. The van der Waals surface area contributed by atoms with E-state index in [9.17, 15) is 0 Å². The van der Waals surface area contributed by atoms with Gasteiger partial charge in [-0.3, -0.25) is 0 Å². The third kappa shape index (κ3) is 4.21. The molecule has 2 aliphatic carbocycles. The van der Waals surface area contributed by atoms with Crippen molar-refractivity contribution in [3.05, 3.63) is 217 Å². The van der Waals surface area contributed by atoms with Gasteiger partial charge in [-0.2, -0.15) is 0 Å². The van der Waals surface area contributed by atoms with E-state index < -0.39 is 5.41 Å². The van der Waals surface area contributed by atoms with Gasteiger partial charge in [0.1, 0.15) is 0 Å². The lowest BCUT2D eigenvalue weighted by atomic mass is 9.62. The maximum absolute atomic E-state index is 2.53. The Labute approximate surface area is 339 Å². The molecule has 13 rings (SSSR count). The Bertz CT molecular complexity index is 3450. The molecule has 2 unspecified atom stereocenters. The summed E-state index contributed by atoms with van der Waals surface area (Å²) < 4.78 is 7.61. The standard InChI is InChI=1S/C55H36N2S/c1-3-15-35(16-4-1)55(36-17-5-2-6-18-36)47-33-37(56-48-23-11-7-19-40(48)41-20-8-12-24-49(41)56)27-29-39(47)45-31-32-46-44-30-28-38(34-52(44)58-54(46)53(45)55)57-50-25-13-9-21-42(50)43-22-10-14-26-51(43)57/h1-17,19-34,36H,18H2. The molecule has 2 nitrogen and oxygen atoms in total. The summed E-state index contributed by atoms with van der Waals surface area (Å²) in [5, 5.41) is 7.78. The molecule has 2 aliphatic rings. The quantitative estimate of drug-likeness (QED) is 0.169. The highest BCUT2D eigenvalue weighted by Gasteiger charge is 2.50. The minimum Gasteiger partial charge on any atom is -0.309 e. The minimum absolute atomic E-state index is 0.220. The first-order chi connectivity index (χ1) is 28.8. The molecule has 2 atom stereocenters. The van der Waals surface area contributed by atoms with Gasteiger partial charge in [0.15, 0.2) is 0 Å². The Morgan fingerprint density at radius 3 is 1.60 bits per heavy atom. The fourth-order valence-corrected chi connectivity index (χ4v) is 12.2. The topological polar surface area (TPSA) is 9.86 Å². The smallest absolute Gasteiger partial charge is 0.0544 e. The maximum atomic E-state index is 2.53. The van der Waals surface area contributed by atoms with Crippen LogP contribution in [0.5, 0.6) is 0 Å². The number of aromatic nitrogens is 2. The molecule has 0 radical (unpaired) electrons. The molecule has 3 aromatic heterocycles.